The van der Waals surface area contributed by atoms with Crippen molar-refractivity contribution in [2.45, 2.75) is 26.4 Å². The molecule has 17 heavy (non-hydrogen) atoms. The lowest BCUT2D eigenvalue weighted by molar-refractivity contribution is -0.119. The molecule has 0 aliphatic heterocycles. The molecule has 0 heterocycles. The first-order valence-electron chi connectivity index (χ1n) is 5.74. The smallest absolute Gasteiger partial charge is 0.235 e. The molecule has 0 bridgehead atoms. The summed E-state index contributed by atoms with van der Waals surface area (Å²) in [6.45, 7) is 4.48. The van der Waals surface area contributed by atoms with Crippen molar-refractivity contribution in [2.75, 3.05) is 12.4 Å². The van der Waals surface area contributed by atoms with Gasteiger partial charge in [-0.05, 0) is 31.0 Å². The molecule has 0 aliphatic carbocycles. The molecule has 1 atom stereocenters. The van der Waals surface area contributed by atoms with Crippen molar-refractivity contribution in [3.63, 3.8) is 0 Å². The summed E-state index contributed by atoms with van der Waals surface area (Å²) in [6.07, 6.45) is 0.941. The molecular weight excluding hydrogens is 238 g/mol. The SMILES string of the molecule is CCc1ccc(OC(C)CNC(=O)CCl)cc1. The zero-order chi connectivity index (χ0) is 12.7. The van der Waals surface area contributed by atoms with E-state index in [1.807, 2.05) is 31.2 Å². The van der Waals surface area contributed by atoms with E-state index in [1.165, 1.54) is 5.56 Å². The standard InChI is InChI=1S/C13H18ClNO2/c1-3-11-4-6-12(7-5-11)17-10(2)9-15-13(16)8-14/h4-7,10H,3,8-9H2,1-2H3,(H,15,16). The van der Waals surface area contributed by atoms with Gasteiger partial charge >= 0.3 is 0 Å². The maximum Gasteiger partial charge on any atom is 0.235 e. The quantitative estimate of drug-likeness (QED) is 0.793. The summed E-state index contributed by atoms with van der Waals surface area (Å²) in [5, 5.41) is 2.68. The molecule has 0 saturated carbocycles. The molecule has 1 amide bonds. The van der Waals surface area contributed by atoms with Crippen molar-refractivity contribution in [1.29, 1.82) is 0 Å². The van der Waals surface area contributed by atoms with Gasteiger partial charge in [0.15, 0.2) is 0 Å². The first kappa shape index (κ1) is 13.8. The summed E-state index contributed by atoms with van der Waals surface area (Å²) in [5.74, 6) is 0.621. The van der Waals surface area contributed by atoms with Crippen molar-refractivity contribution >= 4 is 17.5 Å². The molecule has 0 spiro atoms. The number of benzene rings is 1. The molecule has 1 unspecified atom stereocenters. The van der Waals surface area contributed by atoms with Crippen LogP contribution in [0.2, 0.25) is 0 Å². The highest BCUT2D eigenvalue weighted by molar-refractivity contribution is 6.27. The lowest BCUT2D eigenvalue weighted by Gasteiger charge is -2.15. The fourth-order valence-electron chi connectivity index (χ4n) is 1.38. The maximum absolute atomic E-state index is 11.0. The Morgan fingerprint density at radius 3 is 2.59 bits per heavy atom. The Bertz CT molecular complexity index is 351. The highest BCUT2D eigenvalue weighted by Crippen LogP contribution is 2.13. The van der Waals surface area contributed by atoms with Crippen LogP contribution in [0.4, 0.5) is 0 Å². The van der Waals surface area contributed by atoms with E-state index in [0.717, 1.165) is 12.2 Å². The second kappa shape index (κ2) is 7.17. The largest absolute Gasteiger partial charge is 0.489 e. The van der Waals surface area contributed by atoms with Crippen LogP contribution in [-0.4, -0.2) is 24.4 Å². The first-order chi connectivity index (χ1) is 8.15. The Balaban J connectivity index is 2.39. The molecule has 0 radical (unpaired) electrons. The maximum atomic E-state index is 11.0. The van der Waals surface area contributed by atoms with E-state index >= 15 is 0 Å². The van der Waals surface area contributed by atoms with Crippen LogP contribution >= 0.6 is 11.6 Å². The van der Waals surface area contributed by atoms with Gasteiger partial charge in [0, 0.05) is 0 Å². The van der Waals surface area contributed by atoms with Crippen LogP contribution in [0.3, 0.4) is 0 Å². The minimum Gasteiger partial charge on any atom is -0.489 e. The molecule has 94 valence electrons. The average Bonchev–Trinajstić information content (AvgIpc) is 2.36. The summed E-state index contributed by atoms with van der Waals surface area (Å²) in [6, 6.07) is 7.97. The van der Waals surface area contributed by atoms with Gasteiger partial charge in [-0.25, -0.2) is 0 Å². The summed E-state index contributed by atoms with van der Waals surface area (Å²) < 4.78 is 5.65. The number of halogens is 1. The number of hydrogen-bond donors (Lipinski definition) is 1. The Labute approximate surface area is 107 Å². The minimum atomic E-state index is -0.177. The number of carbonyl (C=O) groups excluding carboxylic acids is 1. The van der Waals surface area contributed by atoms with Gasteiger partial charge in [-0.15, -0.1) is 11.6 Å². The lowest BCUT2D eigenvalue weighted by atomic mass is 10.2. The molecule has 1 rings (SSSR count). The average molecular weight is 256 g/mol. The van der Waals surface area contributed by atoms with E-state index in [4.69, 9.17) is 16.3 Å². The van der Waals surface area contributed by atoms with E-state index < -0.39 is 0 Å². The van der Waals surface area contributed by atoms with Gasteiger partial charge in [0.1, 0.15) is 17.7 Å². The molecule has 0 aliphatic rings. The number of amides is 1. The number of hydrogen-bond acceptors (Lipinski definition) is 2. The third kappa shape index (κ3) is 5.09. The minimum absolute atomic E-state index is 0.0160. The molecule has 1 aromatic carbocycles. The summed E-state index contributed by atoms with van der Waals surface area (Å²) in [7, 11) is 0. The van der Waals surface area contributed by atoms with Gasteiger partial charge in [-0.2, -0.15) is 0 Å². The third-order valence-electron chi connectivity index (χ3n) is 2.38. The molecule has 3 nitrogen and oxygen atoms in total. The van der Waals surface area contributed by atoms with Crippen LogP contribution in [0.5, 0.6) is 5.75 Å². The first-order valence-corrected chi connectivity index (χ1v) is 6.27. The van der Waals surface area contributed by atoms with Crippen molar-refractivity contribution in [2.24, 2.45) is 0 Å². The normalized spacial score (nSPS) is 11.9. The van der Waals surface area contributed by atoms with E-state index in [9.17, 15) is 4.79 Å². The molecular formula is C13H18ClNO2. The Kier molecular flexibility index (Phi) is 5.84. The van der Waals surface area contributed by atoms with Crippen molar-refractivity contribution in [3.05, 3.63) is 29.8 Å². The van der Waals surface area contributed by atoms with Gasteiger partial charge in [-0.1, -0.05) is 19.1 Å². The summed E-state index contributed by atoms with van der Waals surface area (Å²) in [5.41, 5.74) is 1.28. The zero-order valence-electron chi connectivity index (χ0n) is 10.2. The Morgan fingerprint density at radius 1 is 1.41 bits per heavy atom. The lowest BCUT2D eigenvalue weighted by Crippen LogP contribution is -2.34. The molecule has 0 saturated heterocycles. The number of rotatable bonds is 6. The molecule has 1 N–H and O–H groups in total. The van der Waals surface area contributed by atoms with Crippen molar-refractivity contribution in [1.82, 2.24) is 5.32 Å². The van der Waals surface area contributed by atoms with E-state index in [1.54, 1.807) is 0 Å². The van der Waals surface area contributed by atoms with Crippen LogP contribution in [0.1, 0.15) is 19.4 Å². The Hall–Kier alpha value is -1.22. The van der Waals surface area contributed by atoms with Crippen LogP contribution in [0.25, 0.3) is 0 Å². The van der Waals surface area contributed by atoms with Gasteiger partial charge < -0.3 is 10.1 Å². The summed E-state index contributed by atoms with van der Waals surface area (Å²) >= 11 is 5.38. The van der Waals surface area contributed by atoms with Gasteiger partial charge in [-0.3, -0.25) is 4.79 Å². The summed E-state index contributed by atoms with van der Waals surface area (Å²) in [4.78, 5) is 11.0. The van der Waals surface area contributed by atoms with E-state index in [2.05, 4.69) is 12.2 Å². The predicted octanol–water partition coefficient (Wildman–Crippen LogP) is 2.37. The topological polar surface area (TPSA) is 38.3 Å². The number of aryl methyl sites for hydroxylation is 1. The highest BCUT2D eigenvalue weighted by atomic mass is 35.5. The highest BCUT2D eigenvalue weighted by Gasteiger charge is 2.06. The van der Waals surface area contributed by atoms with E-state index in [0.29, 0.717) is 6.54 Å². The molecule has 4 heteroatoms. The fraction of sp³-hybridized carbons (Fsp3) is 0.462. The van der Waals surface area contributed by atoms with Gasteiger partial charge in [0.05, 0.1) is 6.54 Å². The fourth-order valence-corrected chi connectivity index (χ4v) is 1.48. The number of nitrogens with one attached hydrogen (secondary N) is 1. The van der Waals surface area contributed by atoms with Crippen LogP contribution in [0.15, 0.2) is 24.3 Å². The molecule has 0 aromatic heterocycles. The van der Waals surface area contributed by atoms with E-state index in [-0.39, 0.29) is 17.9 Å². The molecule has 1 aromatic rings. The van der Waals surface area contributed by atoms with Crippen LogP contribution in [-0.2, 0) is 11.2 Å². The van der Waals surface area contributed by atoms with Crippen LogP contribution in [0, 0.1) is 0 Å². The second-order valence-electron chi connectivity index (χ2n) is 3.86. The predicted molar refractivity (Wildman–Crippen MR) is 69.6 cm³/mol. The number of alkyl halides is 1. The zero-order valence-corrected chi connectivity index (χ0v) is 11.0. The second-order valence-corrected chi connectivity index (χ2v) is 4.13. The van der Waals surface area contributed by atoms with Gasteiger partial charge in [0.2, 0.25) is 5.91 Å². The monoisotopic (exact) mass is 255 g/mol. The van der Waals surface area contributed by atoms with Crippen molar-refractivity contribution in [3.8, 4) is 5.75 Å². The Morgan fingerprint density at radius 2 is 2.06 bits per heavy atom. The van der Waals surface area contributed by atoms with Gasteiger partial charge in [0.25, 0.3) is 0 Å². The number of ether oxygens (including phenoxy) is 1. The van der Waals surface area contributed by atoms with Crippen molar-refractivity contribution < 1.29 is 9.53 Å². The van der Waals surface area contributed by atoms with Crippen LogP contribution < -0.4 is 10.1 Å². The third-order valence-corrected chi connectivity index (χ3v) is 2.62. The molecule has 0 fully saturated rings. The number of carbonyl (C=O) groups is 1.